The molecule has 2 aromatic heterocycles. The van der Waals surface area contributed by atoms with Crippen LogP contribution in [-0.2, 0) is 0 Å². The maximum Gasteiger partial charge on any atom is 0.259 e. The van der Waals surface area contributed by atoms with E-state index >= 15 is 0 Å². The van der Waals surface area contributed by atoms with Crippen LogP contribution in [0.3, 0.4) is 0 Å². The molecular weight excluding hydrogens is 384 g/mol. The average molecular weight is 404 g/mol. The Balaban J connectivity index is 1.56. The minimum atomic E-state index is -0.322. The van der Waals surface area contributed by atoms with Crippen molar-refractivity contribution in [2.45, 2.75) is 0 Å². The summed E-state index contributed by atoms with van der Waals surface area (Å²) in [6.45, 7) is 0. The zero-order valence-corrected chi connectivity index (χ0v) is 16.7. The van der Waals surface area contributed by atoms with Gasteiger partial charge in [0, 0.05) is 42.0 Å². The Morgan fingerprint density at radius 1 is 0.967 bits per heavy atom. The van der Waals surface area contributed by atoms with Gasteiger partial charge in [0.1, 0.15) is 5.75 Å². The fraction of sp³-hybridized carbons (Fsp3) is 0.136. The van der Waals surface area contributed by atoms with E-state index in [0.717, 1.165) is 11.3 Å². The molecule has 0 radical (unpaired) electrons. The van der Waals surface area contributed by atoms with Gasteiger partial charge in [0.2, 0.25) is 5.78 Å². The van der Waals surface area contributed by atoms with Crippen LogP contribution in [0.25, 0.3) is 17.0 Å². The van der Waals surface area contributed by atoms with Crippen LogP contribution in [0.2, 0.25) is 0 Å². The van der Waals surface area contributed by atoms with Gasteiger partial charge in [-0.25, -0.2) is 9.97 Å². The molecule has 0 fully saturated rings. The number of carbonyl (C=O) groups is 1. The molecule has 0 atom stereocenters. The Bertz CT molecular complexity index is 1170. The molecule has 8 heteroatoms. The fourth-order valence-corrected chi connectivity index (χ4v) is 3.10. The summed E-state index contributed by atoms with van der Waals surface area (Å²) in [4.78, 5) is 21.5. The number of nitrogens with zero attached hydrogens (tertiary/aromatic N) is 3. The number of carbonyl (C=O) groups excluding carboxylic acids is 1. The number of methoxy groups -OCH3 is 3. The first-order valence-corrected chi connectivity index (χ1v) is 9.14. The number of nitrogens with one attached hydrogen (secondary N) is 1. The molecule has 0 bridgehead atoms. The first-order valence-electron chi connectivity index (χ1n) is 9.14. The lowest BCUT2D eigenvalue weighted by Crippen LogP contribution is -2.13. The Morgan fingerprint density at radius 3 is 2.33 bits per heavy atom. The van der Waals surface area contributed by atoms with Crippen LogP contribution < -0.4 is 19.5 Å². The number of hydrogen-bond acceptors (Lipinski definition) is 6. The first kappa shape index (κ1) is 19.3. The van der Waals surface area contributed by atoms with E-state index in [9.17, 15) is 4.79 Å². The summed E-state index contributed by atoms with van der Waals surface area (Å²) in [5, 5.41) is 2.87. The lowest BCUT2D eigenvalue weighted by molar-refractivity contribution is 0.102. The van der Waals surface area contributed by atoms with Crippen molar-refractivity contribution in [1.29, 1.82) is 0 Å². The van der Waals surface area contributed by atoms with Gasteiger partial charge in [-0.2, -0.15) is 0 Å². The number of ether oxygens (including phenoxy) is 3. The molecule has 8 nitrogen and oxygen atoms in total. The molecule has 4 aromatic rings. The zero-order chi connectivity index (χ0) is 21.1. The lowest BCUT2D eigenvalue weighted by atomic mass is 10.1. The van der Waals surface area contributed by atoms with Crippen LogP contribution in [0.1, 0.15) is 10.4 Å². The van der Waals surface area contributed by atoms with Crippen LogP contribution in [0.4, 0.5) is 5.69 Å². The Kier molecular flexibility index (Phi) is 5.21. The number of benzene rings is 2. The number of fused-ring (bicyclic) bond motifs is 1. The second-order valence-electron chi connectivity index (χ2n) is 6.39. The van der Waals surface area contributed by atoms with E-state index in [1.165, 1.54) is 21.3 Å². The van der Waals surface area contributed by atoms with Gasteiger partial charge in [-0.05, 0) is 18.2 Å². The molecular formula is C22H20N4O4. The van der Waals surface area contributed by atoms with E-state index in [1.807, 2.05) is 47.1 Å². The maximum atomic E-state index is 12.8. The van der Waals surface area contributed by atoms with E-state index in [4.69, 9.17) is 14.2 Å². The monoisotopic (exact) mass is 404 g/mol. The van der Waals surface area contributed by atoms with E-state index in [-0.39, 0.29) is 5.91 Å². The molecule has 1 N–H and O–H groups in total. The smallest absolute Gasteiger partial charge is 0.259 e. The molecule has 4 rings (SSSR count). The number of rotatable bonds is 6. The van der Waals surface area contributed by atoms with Crippen molar-refractivity contribution in [3.63, 3.8) is 0 Å². The highest BCUT2D eigenvalue weighted by molar-refractivity contribution is 6.06. The van der Waals surface area contributed by atoms with Gasteiger partial charge in [-0.1, -0.05) is 12.1 Å². The predicted octanol–water partition coefficient (Wildman–Crippen LogP) is 3.67. The summed E-state index contributed by atoms with van der Waals surface area (Å²) >= 11 is 0. The van der Waals surface area contributed by atoms with Crippen LogP contribution in [0.5, 0.6) is 17.2 Å². The second-order valence-corrected chi connectivity index (χ2v) is 6.39. The van der Waals surface area contributed by atoms with Crippen molar-refractivity contribution >= 4 is 17.4 Å². The lowest BCUT2D eigenvalue weighted by Gasteiger charge is -2.14. The Labute approximate surface area is 173 Å². The van der Waals surface area contributed by atoms with Gasteiger partial charge in [0.15, 0.2) is 11.5 Å². The number of imidazole rings is 1. The highest BCUT2D eigenvalue weighted by Crippen LogP contribution is 2.35. The van der Waals surface area contributed by atoms with Crippen molar-refractivity contribution < 1.29 is 19.0 Å². The molecule has 0 saturated heterocycles. The predicted molar refractivity (Wildman–Crippen MR) is 112 cm³/mol. The van der Waals surface area contributed by atoms with Gasteiger partial charge in [0.05, 0.1) is 32.6 Å². The molecule has 0 unspecified atom stereocenters. The van der Waals surface area contributed by atoms with Crippen LogP contribution in [0, 0.1) is 0 Å². The normalized spacial score (nSPS) is 10.6. The van der Waals surface area contributed by atoms with Crippen LogP contribution in [-0.4, -0.2) is 41.6 Å². The third kappa shape index (κ3) is 3.62. The quantitative estimate of drug-likeness (QED) is 0.528. The third-order valence-corrected chi connectivity index (χ3v) is 4.62. The zero-order valence-electron chi connectivity index (χ0n) is 16.7. The van der Waals surface area contributed by atoms with Gasteiger partial charge >= 0.3 is 0 Å². The summed E-state index contributed by atoms with van der Waals surface area (Å²) < 4.78 is 17.7. The molecule has 30 heavy (non-hydrogen) atoms. The van der Waals surface area contributed by atoms with E-state index < -0.39 is 0 Å². The number of anilines is 1. The van der Waals surface area contributed by atoms with Crippen LogP contribution in [0.15, 0.2) is 61.1 Å². The van der Waals surface area contributed by atoms with Crippen molar-refractivity contribution in [3.05, 3.63) is 66.6 Å². The molecule has 152 valence electrons. The number of aromatic nitrogens is 3. The summed E-state index contributed by atoms with van der Waals surface area (Å²) in [6.07, 6.45) is 5.50. The van der Waals surface area contributed by atoms with Crippen molar-refractivity contribution in [1.82, 2.24) is 14.4 Å². The summed E-state index contributed by atoms with van der Waals surface area (Å²) in [5.41, 5.74) is 2.70. The second kappa shape index (κ2) is 8.12. The molecule has 0 aliphatic rings. The van der Waals surface area contributed by atoms with E-state index in [2.05, 4.69) is 15.3 Å². The molecule has 0 aliphatic carbocycles. The largest absolute Gasteiger partial charge is 0.496 e. The standard InChI is InChI=1S/C22H20N4O4/c1-28-18-12-20(30-3)19(29-2)11-16(18)21(27)24-15-7-5-14(6-8-15)17-13-26-10-4-9-23-22(26)25-17/h4-13H,1-3H3,(H,24,27). The molecule has 1 amide bonds. The summed E-state index contributed by atoms with van der Waals surface area (Å²) in [6, 6.07) is 12.5. The van der Waals surface area contributed by atoms with Crippen molar-refractivity contribution in [2.75, 3.05) is 26.6 Å². The summed E-state index contributed by atoms with van der Waals surface area (Å²) in [7, 11) is 4.54. The minimum Gasteiger partial charge on any atom is -0.496 e. The molecule has 2 heterocycles. The molecule has 0 spiro atoms. The maximum absolute atomic E-state index is 12.8. The highest BCUT2D eigenvalue weighted by Gasteiger charge is 2.18. The van der Waals surface area contributed by atoms with Gasteiger partial charge in [0.25, 0.3) is 5.91 Å². The SMILES string of the molecule is COc1cc(OC)c(C(=O)Nc2ccc(-c3cn4cccnc4n3)cc2)cc1OC. The summed E-state index contributed by atoms with van der Waals surface area (Å²) in [5.74, 6) is 1.62. The average Bonchev–Trinajstić information content (AvgIpc) is 3.22. The van der Waals surface area contributed by atoms with Crippen molar-refractivity contribution in [3.8, 4) is 28.5 Å². The molecule has 0 saturated carbocycles. The molecule has 2 aromatic carbocycles. The Hall–Kier alpha value is -4.07. The van der Waals surface area contributed by atoms with E-state index in [1.54, 1.807) is 18.3 Å². The molecule has 0 aliphatic heterocycles. The topological polar surface area (TPSA) is 87.0 Å². The fourth-order valence-electron chi connectivity index (χ4n) is 3.10. The van der Waals surface area contributed by atoms with Gasteiger partial charge in [-0.15, -0.1) is 0 Å². The number of amides is 1. The minimum absolute atomic E-state index is 0.322. The van der Waals surface area contributed by atoms with Gasteiger partial charge < -0.3 is 19.5 Å². The van der Waals surface area contributed by atoms with Gasteiger partial charge in [-0.3, -0.25) is 9.20 Å². The highest BCUT2D eigenvalue weighted by atomic mass is 16.5. The Morgan fingerprint density at radius 2 is 1.67 bits per heavy atom. The van der Waals surface area contributed by atoms with Crippen LogP contribution >= 0.6 is 0 Å². The van der Waals surface area contributed by atoms with Crippen molar-refractivity contribution in [2.24, 2.45) is 0 Å². The first-order chi connectivity index (χ1) is 14.6. The number of hydrogen-bond donors (Lipinski definition) is 1. The third-order valence-electron chi connectivity index (χ3n) is 4.62. The van der Waals surface area contributed by atoms with E-state index in [0.29, 0.717) is 34.3 Å².